The van der Waals surface area contributed by atoms with Crippen LogP contribution in [0, 0.1) is 0 Å². The highest BCUT2D eigenvalue weighted by Crippen LogP contribution is 2.21. The second kappa shape index (κ2) is 9.18. The average Bonchev–Trinajstić information content (AvgIpc) is 2.54. The SMILES string of the molecule is CC(C)(C)OC(=O)N[C@@H](Cc1ccccc1)C[S@@](=O)C1=CCCCC1. The highest BCUT2D eigenvalue weighted by Gasteiger charge is 2.22. The summed E-state index contributed by atoms with van der Waals surface area (Å²) in [4.78, 5) is 13.2. The van der Waals surface area contributed by atoms with Crippen LogP contribution in [-0.4, -0.2) is 27.7 Å². The highest BCUT2D eigenvalue weighted by atomic mass is 32.2. The number of hydrogen-bond acceptors (Lipinski definition) is 3. The van der Waals surface area contributed by atoms with Crippen LogP contribution < -0.4 is 5.32 Å². The van der Waals surface area contributed by atoms with Crippen LogP contribution in [0.15, 0.2) is 41.3 Å². The van der Waals surface area contributed by atoms with Gasteiger partial charge in [0.2, 0.25) is 0 Å². The Labute approximate surface area is 153 Å². The van der Waals surface area contributed by atoms with Gasteiger partial charge in [-0.15, -0.1) is 0 Å². The summed E-state index contributed by atoms with van der Waals surface area (Å²) < 4.78 is 18.1. The molecule has 1 aliphatic rings. The molecule has 0 aromatic heterocycles. The Morgan fingerprint density at radius 2 is 1.96 bits per heavy atom. The lowest BCUT2D eigenvalue weighted by Gasteiger charge is -2.24. The summed E-state index contributed by atoms with van der Waals surface area (Å²) in [6.45, 7) is 5.51. The Bertz CT molecular complexity index is 620. The lowest BCUT2D eigenvalue weighted by Crippen LogP contribution is -2.43. The minimum Gasteiger partial charge on any atom is -0.444 e. The maximum Gasteiger partial charge on any atom is 0.407 e. The zero-order chi connectivity index (χ0) is 18.3. The van der Waals surface area contributed by atoms with Crippen LogP contribution in [0.2, 0.25) is 0 Å². The molecule has 0 saturated carbocycles. The van der Waals surface area contributed by atoms with E-state index in [0.717, 1.165) is 29.7 Å². The molecule has 0 fully saturated rings. The first-order valence-corrected chi connectivity index (χ1v) is 10.3. The van der Waals surface area contributed by atoms with Gasteiger partial charge in [0.25, 0.3) is 0 Å². The van der Waals surface area contributed by atoms with E-state index in [9.17, 15) is 9.00 Å². The Kier molecular flexibility index (Phi) is 7.24. The number of nitrogens with one attached hydrogen (secondary N) is 1. The van der Waals surface area contributed by atoms with Crippen molar-refractivity contribution >= 4 is 16.9 Å². The molecule has 1 aromatic rings. The molecule has 0 radical (unpaired) electrons. The predicted octanol–water partition coefficient (Wildman–Crippen LogP) is 4.33. The van der Waals surface area contributed by atoms with E-state index >= 15 is 0 Å². The normalized spacial score (nSPS) is 17.3. The third-order valence-corrected chi connectivity index (χ3v) is 5.60. The maximum absolute atomic E-state index is 12.7. The summed E-state index contributed by atoms with van der Waals surface area (Å²) in [5, 5.41) is 2.91. The van der Waals surface area contributed by atoms with Crippen molar-refractivity contribution in [2.24, 2.45) is 0 Å². The van der Waals surface area contributed by atoms with Crippen LogP contribution in [0.4, 0.5) is 4.79 Å². The highest BCUT2D eigenvalue weighted by molar-refractivity contribution is 7.89. The van der Waals surface area contributed by atoms with Crippen LogP contribution >= 0.6 is 0 Å². The molecule has 1 N–H and O–H groups in total. The van der Waals surface area contributed by atoms with Crippen LogP contribution in [0.25, 0.3) is 0 Å². The number of ether oxygens (including phenoxy) is 1. The Hall–Kier alpha value is -1.62. The molecular weight excluding hydrogens is 334 g/mol. The van der Waals surface area contributed by atoms with Gasteiger partial charge < -0.3 is 10.1 Å². The third-order valence-electron chi connectivity index (χ3n) is 3.94. The number of carbonyl (C=O) groups excluding carboxylic acids is 1. The number of rotatable bonds is 6. The second-order valence-corrected chi connectivity index (χ2v) is 9.01. The smallest absolute Gasteiger partial charge is 0.407 e. The molecule has 138 valence electrons. The van der Waals surface area contributed by atoms with Gasteiger partial charge in [0, 0.05) is 16.7 Å². The van der Waals surface area contributed by atoms with E-state index in [1.807, 2.05) is 51.1 Å². The van der Waals surface area contributed by atoms with Crippen LogP contribution in [0.5, 0.6) is 0 Å². The molecule has 4 nitrogen and oxygen atoms in total. The van der Waals surface area contributed by atoms with E-state index in [2.05, 4.69) is 11.4 Å². The number of alkyl carbamates (subject to hydrolysis) is 1. The average molecular weight is 364 g/mol. The van der Waals surface area contributed by atoms with Gasteiger partial charge in [-0.1, -0.05) is 36.4 Å². The molecule has 25 heavy (non-hydrogen) atoms. The Balaban J connectivity index is 2.04. The predicted molar refractivity (Wildman–Crippen MR) is 103 cm³/mol. The van der Waals surface area contributed by atoms with Crippen molar-refractivity contribution in [2.75, 3.05) is 5.75 Å². The van der Waals surface area contributed by atoms with Gasteiger partial charge in [0.15, 0.2) is 0 Å². The topological polar surface area (TPSA) is 55.4 Å². The molecule has 2 atom stereocenters. The number of benzene rings is 1. The molecule has 0 unspecified atom stereocenters. The number of hydrogen-bond donors (Lipinski definition) is 1. The monoisotopic (exact) mass is 363 g/mol. The molecule has 0 aliphatic heterocycles. The second-order valence-electron chi connectivity index (χ2n) is 7.46. The molecule has 0 bridgehead atoms. The fourth-order valence-electron chi connectivity index (χ4n) is 2.83. The van der Waals surface area contributed by atoms with Crippen molar-refractivity contribution in [3.63, 3.8) is 0 Å². The first-order chi connectivity index (χ1) is 11.8. The molecule has 1 amide bonds. The molecular formula is C20H29NO3S. The van der Waals surface area contributed by atoms with Crippen molar-refractivity contribution in [1.82, 2.24) is 5.32 Å². The Morgan fingerprint density at radius 1 is 1.24 bits per heavy atom. The minimum atomic E-state index is -1.06. The lowest BCUT2D eigenvalue weighted by atomic mass is 10.1. The molecule has 1 aliphatic carbocycles. The minimum absolute atomic E-state index is 0.221. The molecule has 5 heteroatoms. The van der Waals surface area contributed by atoms with Crippen molar-refractivity contribution in [1.29, 1.82) is 0 Å². The van der Waals surface area contributed by atoms with E-state index in [1.165, 1.54) is 6.42 Å². The van der Waals surface area contributed by atoms with Gasteiger partial charge in [0.05, 0.1) is 10.8 Å². The zero-order valence-corrected chi connectivity index (χ0v) is 16.2. The summed E-state index contributed by atoms with van der Waals surface area (Å²) in [5.74, 6) is 0.417. The van der Waals surface area contributed by atoms with Gasteiger partial charge in [0.1, 0.15) is 5.60 Å². The fraction of sp³-hybridized carbons (Fsp3) is 0.550. The van der Waals surface area contributed by atoms with Gasteiger partial charge >= 0.3 is 6.09 Å². The molecule has 0 heterocycles. The summed E-state index contributed by atoms with van der Waals surface area (Å²) >= 11 is 0. The van der Waals surface area contributed by atoms with Crippen molar-refractivity contribution in [3.05, 3.63) is 46.9 Å². The summed E-state index contributed by atoms with van der Waals surface area (Å²) in [6.07, 6.45) is 6.46. The van der Waals surface area contributed by atoms with Gasteiger partial charge in [-0.2, -0.15) is 0 Å². The van der Waals surface area contributed by atoms with Crippen molar-refractivity contribution < 1.29 is 13.7 Å². The number of carbonyl (C=O) groups is 1. The van der Waals surface area contributed by atoms with E-state index in [0.29, 0.717) is 12.2 Å². The molecule has 0 saturated heterocycles. The van der Waals surface area contributed by atoms with Gasteiger partial charge in [-0.25, -0.2) is 4.79 Å². The van der Waals surface area contributed by atoms with Gasteiger partial charge in [-0.05, 0) is 58.4 Å². The quantitative estimate of drug-likeness (QED) is 0.818. The molecule has 0 spiro atoms. The Morgan fingerprint density at radius 3 is 2.56 bits per heavy atom. The van der Waals surface area contributed by atoms with E-state index in [4.69, 9.17) is 4.74 Å². The van der Waals surface area contributed by atoms with E-state index in [1.54, 1.807) is 0 Å². The fourth-order valence-corrected chi connectivity index (χ4v) is 4.29. The van der Waals surface area contributed by atoms with Crippen LogP contribution in [-0.2, 0) is 22.0 Å². The van der Waals surface area contributed by atoms with Crippen LogP contribution in [0.1, 0.15) is 52.0 Å². The lowest BCUT2D eigenvalue weighted by molar-refractivity contribution is 0.0509. The van der Waals surface area contributed by atoms with Crippen molar-refractivity contribution in [2.45, 2.75) is 64.5 Å². The van der Waals surface area contributed by atoms with Crippen molar-refractivity contribution in [3.8, 4) is 0 Å². The number of amides is 1. The summed E-state index contributed by atoms with van der Waals surface area (Å²) in [6, 6.07) is 9.73. The molecule has 2 rings (SSSR count). The summed E-state index contributed by atoms with van der Waals surface area (Å²) in [5.41, 5.74) is 0.560. The largest absolute Gasteiger partial charge is 0.444 e. The third kappa shape index (κ3) is 7.43. The first-order valence-electron chi connectivity index (χ1n) is 8.94. The standard InChI is InChI=1S/C20H29NO3S/c1-20(2,3)24-19(22)21-17(14-16-10-6-4-7-11-16)15-25(23)18-12-8-5-9-13-18/h4,6-7,10-12,17H,5,8-9,13-15H2,1-3H3,(H,21,22)/t17-,25+/m0/s1. The maximum atomic E-state index is 12.7. The summed E-state index contributed by atoms with van der Waals surface area (Å²) in [7, 11) is -1.06. The van der Waals surface area contributed by atoms with Crippen LogP contribution in [0.3, 0.4) is 0 Å². The van der Waals surface area contributed by atoms with E-state index in [-0.39, 0.29) is 6.04 Å². The number of allylic oxidation sites excluding steroid dienone is 2. The molecule has 1 aromatic carbocycles. The first kappa shape index (κ1) is 19.7. The zero-order valence-electron chi connectivity index (χ0n) is 15.4. The van der Waals surface area contributed by atoms with Gasteiger partial charge in [-0.3, -0.25) is 4.21 Å². The van der Waals surface area contributed by atoms with E-state index < -0.39 is 22.5 Å².